The number of fused-ring (bicyclic) bond motifs is 12. The first-order chi connectivity index (χ1) is 45.6. The summed E-state index contributed by atoms with van der Waals surface area (Å²) in [5, 5.41) is 30.8. The zero-order valence-corrected chi connectivity index (χ0v) is 49.7. The topological polar surface area (TPSA) is 67.3 Å². The highest BCUT2D eigenvalue weighted by Crippen LogP contribution is 2.46. The Morgan fingerprint density at radius 2 is 0.446 bits per heavy atom. The van der Waals surface area contributed by atoms with Crippen LogP contribution < -0.4 is 0 Å². The van der Waals surface area contributed by atoms with E-state index in [1.807, 2.05) is 24.3 Å². The second-order valence-corrected chi connectivity index (χ2v) is 23.8. The molecule has 0 amide bonds. The first-order valence-electron chi connectivity index (χ1n) is 31.1. The van der Waals surface area contributed by atoms with E-state index in [1.54, 1.807) is 0 Å². The van der Waals surface area contributed by atoms with Crippen LogP contribution in [0.1, 0.15) is 11.1 Å². The molecule has 18 aromatic rings. The van der Waals surface area contributed by atoms with Crippen molar-refractivity contribution in [2.24, 2.45) is 0 Å². The number of hydrogen-bond acceptors (Lipinski definition) is 2. The number of nitriles is 2. The van der Waals surface area contributed by atoms with Crippen LogP contribution in [0.5, 0.6) is 0 Å². The Bertz CT molecular complexity index is 5670. The van der Waals surface area contributed by atoms with Crippen molar-refractivity contribution in [2.45, 2.75) is 0 Å². The molecule has 0 fully saturated rings. The molecule has 0 N–H and O–H groups in total. The molecule has 0 saturated carbocycles. The van der Waals surface area contributed by atoms with Crippen LogP contribution in [-0.2, 0) is 0 Å². The molecule has 0 aliphatic heterocycles. The van der Waals surface area contributed by atoms with Gasteiger partial charge < -0.3 is 18.3 Å². The molecule has 4 aromatic heterocycles. The first kappa shape index (κ1) is 52.4. The van der Waals surface area contributed by atoms with E-state index in [1.165, 1.54) is 21.5 Å². The summed E-state index contributed by atoms with van der Waals surface area (Å²) in [7, 11) is 0. The zero-order chi connectivity index (χ0) is 61.0. The fourth-order valence-electron chi connectivity index (χ4n) is 14.7. The molecule has 0 saturated heterocycles. The van der Waals surface area contributed by atoms with Gasteiger partial charge in [0.15, 0.2) is 0 Å². The van der Waals surface area contributed by atoms with Gasteiger partial charge in [0.1, 0.15) is 0 Å². The maximum absolute atomic E-state index is 10.8. The van der Waals surface area contributed by atoms with E-state index in [9.17, 15) is 10.5 Å². The lowest BCUT2D eigenvalue weighted by Gasteiger charge is -2.19. The minimum Gasteiger partial charge on any atom is -0.309 e. The molecular weight excluding hydrogens is 1120 g/mol. The van der Waals surface area contributed by atoms with Crippen LogP contribution in [0.4, 0.5) is 0 Å². The molecule has 0 aliphatic rings. The number of para-hydroxylation sites is 6. The van der Waals surface area contributed by atoms with Crippen LogP contribution in [0, 0.1) is 22.7 Å². The molecule has 0 aliphatic carbocycles. The van der Waals surface area contributed by atoms with Gasteiger partial charge in [0, 0.05) is 65.3 Å². The summed E-state index contributed by atoms with van der Waals surface area (Å²) in [5.74, 6) is 0. The molecule has 0 atom stereocenters. The minimum atomic E-state index is 0.514. The molecule has 0 bridgehead atoms. The number of benzene rings is 14. The Morgan fingerprint density at radius 1 is 0.185 bits per heavy atom. The average molecular weight is 1170 g/mol. The lowest BCUT2D eigenvalue weighted by molar-refractivity contribution is 1.16. The smallest absolute Gasteiger partial charge is 0.0991 e. The Kier molecular flexibility index (Phi) is 11.9. The molecule has 0 radical (unpaired) electrons. The van der Waals surface area contributed by atoms with Gasteiger partial charge in [-0.05, 0) is 155 Å². The van der Waals surface area contributed by atoms with Crippen molar-refractivity contribution in [3.8, 4) is 90.5 Å². The summed E-state index contributed by atoms with van der Waals surface area (Å²) in [6.07, 6.45) is 0. The molecule has 6 nitrogen and oxygen atoms in total. The van der Waals surface area contributed by atoms with Gasteiger partial charge in [-0.2, -0.15) is 10.5 Å². The fourth-order valence-corrected chi connectivity index (χ4v) is 14.7. The minimum absolute atomic E-state index is 0.514. The van der Waals surface area contributed by atoms with Gasteiger partial charge in [0.25, 0.3) is 0 Å². The van der Waals surface area contributed by atoms with Gasteiger partial charge in [0.2, 0.25) is 0 Å². The number of nitrogens with zero attached hydrogens (tertiary/aromatic N) is 6. The van der Waals surface area contributed by atoms with E-state index in [2.05, 4.69) is 322 Å². The quantitative estimate of drug-likeness (QED) is 0.145. The highest BCUT2D eigenvalue weighted by Gasteiger charge is 2.25. The third-order valence-electron chi connectivity index (χ3n) is 18.8. The largest absolute Gasteiger partial charge is 0.309 e. The summed E-state index contributed by atoms with van der Waals surface area (Å²) in [6.45, 7) is 0. The van der Waals surface area contributed by atoms with E-state index in [4.69, 9.17) is 0 Å². The van der Waals surface area contributed by atoms with Gasteiger partial charge in [-0.3, -0.25) is 0 Å². The Balaban J connectivity index is 0.837. The highest BCUT2D eigenvalue weighted by atomic mass is 15.0. The maximum atomic E-state index is 10.8. The van der Waals surface area contributed by atoms with Crippen LogP contribution in [0.3, 0.4) is 0 Å². The Hall–Kier alpha value is -12.7. The molecule has 4 heterocycles. The standard InChI is InChI=1S/C86H52N6/c87-53-55-35-41-83(91-79-33-17-11-27-67(79)73-51-61(39-45-85(73)91)69-49-59(57-19-3-1-4-20-57)37-43-81(69)89-75-29-13-7-23-63(75)64-24-8-14-30-76(64)89)71(47-55)72-48-56(54-88)36-42-84(72)92-80-34-18-12-28-68(80)74-52-62(40-46-86(74)92)70-50-60(58-21-5-2-6-22-58)38-44-82(70)90-77-31-15-9-25-65(77)66-26-10-16-32-78(66)90/h1-52H. The molecule has 18 rings (SSSR count). The first-order valence-corrected chi connectivity index (χ1v) is 31.1. The number of aromatic nitrogens is 4. The van der Waals surface area contributed by atoms with Gasteiger partial charge in [-0.1, -0.05) is 194 Å². The van der Waals surface area contributed by atoms with E-state index in [0.717, 1.165) is 144 Å². The van der Waals surface area contributed by atoms with Crippen molar-refractivity contribution in [3.05, 3.63) is 327 Å². The summed E-state index contributed by atoms with van der Waals surface area (Å²) < 4.78 is 9.53. The van der Waals surface area contributed by atoms with Gasteiger partial charge >= 0.3 is 0 Å². The highest BCUT2D eigenvalue weighted by molar-refractivity contribution is 6.15. The molecule has 426 valence electrons. The third kappa shape index (κ3) is 8.12. The fraction of sp³-hybridized carbons (Fsp3) is 0. The lowest BCUT2D eigenvalue weighted by atomic mass is 9.95. The summed E-state index contributed by atoms with van der Waals surface area (Å²) in [4.78, 5) is 0. The predicted octanol–water partition coefficient (Wildman–Crippen LogP) is 22.2. The van der Waals surface area contributed by atoms with Crippen LogP contribution in [0.25, 0.3) is 166 Å². The summed E-state index contributed by atoms with van der Waals surface area (Å²) >= 11 is 0. The average Bonchev–Trinajstić information content (AvgIpc) is 1.61. The Labute approximate surface area is 530 Å². The molecule has 0 spiro atoms. The van der Waals surface area contributed by atoms with Crippen molar-refractivity contribution >= 4 is 87.2 Å². The molecule has 6 heteroatoms. The monoisotopic (exact) mass is 1170 g/mol. The predicted molar refractivity (Wildman–Crippen MR) is 380 cm³/mol. The summed E-state index contributed by atoms with van der Waals surface area (Å²) in [5.41, 5.74) is 24.2. The number of hydrogen-bond donors (Lipinski definition) is 0. The lowest BCUT2D eigenvalue weighted by Crippen LogP contribution is -2.03. The second kappa shape index (κ2) is 21.0. The van der Waals surface area contributed by atoms with Crippen molar-refractivity contribution in [1.82, 2.24) is 18.3 Å². The summed E-state index contributed by atoms with van der Waals surface area (Å²) in [6, 6.07) is 118. The van der Waals surface area contributed by atoms with Crippen LogP contribution in [0.15, 0.2) is 315 Å². The SMILES string of the molecule is N#Cc1ccc(-n2c3ccccc3c3cc(-c4cc(-c5ccccc5)ccc4-n4c5ccccc5c5ccccc54)ccc32)c(-c2cc(C#N)ccc2-n2c3ccccc3c3cc(-c4cc(-c5ccccc5)ccc4-n4c5ccccc5c5ccccc54)ccc32)c1. The van der Waals surface area contributed by atoms with Gasteiger partial charge in [-0.15, -0.1) is 0 Å². The van der Waals surface area contributed by atoms with Crippen LogP contribution in [-0.4, -0.2) is 18.3 Å². The van der Waals surface area contributed by atoms with Crippen molar-refractivity contribution in [2.75, 3.05) is 0 Å². The molecule has 92 heavy (non-hydrogen) atoms. The van der Waals surface area contributed by atoms with Crippen molar-refractivity contribution in [1.29, 1.82) is 10.5 Å². The zero-order valence-electron chi connectivity index (χ0n) is 49.7. The van der Waals surface area contributed by atoms with Crippen molar-refractivity contribution in [3.63, 3.8) is 0 Å². The van der Waals surface area contributed by atoms with Crippen LogP contribution >= 0.6 is 0 Å². The van der Waals surface area contributed by atoms with E-state index in [0.29, 0.717) is 11.1 Å². The second-order valence-electron chi connectivity index (χ2n) is 23.8. The molecule has 14 aromatic carbocycles. The van der Waals surface area contributed by atoms with Crippen LogP contribution in [0.2, 0.25) is 0 Å². The number of rotatable bonds is 9. The van der Waals surface area contributed by atoms with Gasteiger partial charge in [-0.25, -0.2) is 0 Å². The normalized spacial score (nSPS) is 11.7. The van der Waals surface area contributed by atoms with Crippen molar-refractivity contribution < 1.29 is 0 Å². The van der Waals surface area contributed by atoms with Gasteiger partial charge in [0.05, 0.1) is 90.1 Å². The third-order valence-corrected chi connectivity index (χ3v) is 18.8. The van der Waals surface area contributed by atoms with E-state index >= 15 is 0 Å². The molecular formula is C86H52N6. The maximum Gasteiger partial charge on any atom is 0.0991 e. The van der Waals surface area contributed by atoms with E-state index < -0.39 is 0 Å². The molecule has 0 unspecified atom stereocenters. The Morgan fingerprint density at radius 3 is 0.772 bits per heavy atom. The van der Waals surface area contributed by atoms with E-state index in [-0.39, 0.29) is 0 Å².